The largest absolute Gasteiger partial charge is 0.744 e. The van der Waals surface area contributed by atoms with Crippen molar-refractivity contribution in [2.24, 2.45) is 11.3 Å². The van der Waals surface area contributed by atoms with Crippen molar-refractivity contribution in [3.8, 4) is 0 Å². The molecule has 1 N–H and O–H groups in total. The van der Waals surface area contributed by atoms with Crippen LogP contribution in [0.5, 0.6) is 0 Å². The van der Waals surface area contributed by atoms with Gasteiger partial charge in [0.05, 0.1) is 10.3 Å². The van der Waals surface area contributed by atoms with Crippen LogP contribution >= 0.6 is 0 Å². The molecule has 0 saturated heterocycles. The average molecular weight is 379 g/mol. The minimum absolute atomic E-state index is 0.0687. The molecule has 3 atom stereocenters. The van der Waals surface area contributed by atoms with Gasteiger partial charge in [0.25, 0.3) is 0 Å². The Morgan fingerprint density at radius 2 is 1.92 bits per heavy atom. The lowest BCUT2D eigenvalue weighted by molar-refractivity contribution is -0.157. The lowest BCUT2D eigenvalue weighted by Crippen LogP contribution is -2.52. The van der Waals surface area contributed by atoms with E-state index in [1.165, 1.54) is 0 Å². The first-order chi connectivity index (χ1) is 11.9. The molecule has 26 heavy (non-hydrogen) atoms. The number of hydrogen-bond donors (Lipinski definition) is 1. The second-order valence-corrected chi connectivity index (χ2v) is 10.1. The van der Waals surface area contributed by atoms with Gasteiger partial charge in [-0.2, -0.15) is 0 Å². The topological polar surface area (TPSA) is 94.5 Å². The molecule has 1 saturated carbocycles. The fraction of sp³-hybridized carbons (Fsp3) is 0.650. The van der Waals surface area contributed by atoms with Crippen LogP contribution in [0.15, 0.2) is 17.0 Å². The lowest BCUT2D eigenvalue weighted by Gasteiger charge is -2.53. The Balaban J connectivity index is 2.24. The highest BCUT2D eigenvalue weighted by Crippen LogP contribution is 2.57. The van der Waals surface area contributed by atoms with Gasteiger partial charge in [-0.05, 0) is 72.6 Å². The molecule has 0 heterocycles. The highest BCUT2D eigenvalue weighted by Gasteiger charge is 2.55. The number of hydrogen-bond acceptors (Lipinski definition) is 4. The molecule has 1 aromatic carbocycles. The predicted molar refractivity (Wildman–Crippen MR) is 97.3 cm³/mol. The minimum Gasteiger partial charge on any atom is -0.744 e. The normalized spacial score (nSPS) is 31.4. The summed E-state index contributed by atoms with van der Waals surface area (Å²) < 4.78 is 35.7. The molecule has 1 fully saturated rings. The fourth-order valence-corrected chi connectivity index (χ4v) is 6.29. The number of benzene rings is 1. The third kappa shape index (κ3) is 2.78. The molecule has 1 aromatic rings. The molecule has 5 nitrogen and oxygen atoms in total. The average Bonchev–Trinajstić information content (AvgIpc) is 2.52. The smallest absolute Gasteiger partial charge is 0.309 e. The summed E-state index contributed by atoms with van der Waals surface area (Å²) in [7, 11) is -4.59. The van der Waals surface area contributed by atoms with Crippen LogP contribution < -0.4 is 0 Å². The lowest BCUT2D eigenvalue weighted by atomic mass is 9.50. The molecule has 0 spiro atoms. The van der Waals surface area contributed by atoms with Gasteiger partial charge < -0.3 is 9.66 Å². The van der Waals surface area contributed by atoms with Crippen molar-refractivity contribution in [2.75, 3.05) is 0 Å². The molecule has 0 aromatic heterocycles. The maximum absolute atomic E-state index is 12.0. The second-order valence-electron chi connectivity index (χ2n) is 8.74. The number of carboxylic acid groups (broad SMARTS) is 1. The van der Waals surface area contributed by atoms with E-state index < -0.39 is 26.9 Å². The van der Waals surface area contributed by atoms with E-state index in [1.807, 2.05) is 33.8 Å². The van der Waals surface area contributed by atoms with Crippen LogP contribution in [0.1, 0.15) is 76.0 Å². The molecule has 3 rings (SSSR count). The number of aliphatic carboxylic acids is 1. The van der Waals surface area contributed by atoms with E-state index >= 15 is 0 Å². The Morgan fingerprint density at radius 3 is 2.46 bits per heavy atom. The molecule has 0 aliphatic heterocycles. The quantitative estimate of drug-likeness (QED) is 0.806. The minimum atomic E-state index is -4.59. The number of carbonyl (C=O) groups is 1. The van der Waals surface area contributed by atoms with E-state index in [9.17, 15) is 22.9 Å². The van der Waals surface area contributed by atoms with Gasteiger partial charge in [-0.3, -0.25) is 4.79 Å². The third-order valence-corrected chi connectivity index (χ3v) is 7.76. The molecule has 6 heteroatoms. The Bertz CT molecular complexity index is 857. The summed E-state index contributed by atoms with van der Waals surface area (Å²) in [5, 5.41) is 9.85. The van der Waals surface area contributed by atoms with E-state index in [4.69, 9.17) is 0 Å². The first-order valence-corrected chi connectivity index (χ1v) is 10.7. The Kier molecular flexibility index (Phi) is 4.51. The van der Waals surface area contributed by atoms with Crippen molar-refractivity contribution in [3.63, 3.8) is 0 Å². The summed E-state index contributed by atoms with van der Waals surface area (Å²) in [6, 6.07) is 3.44. The summed E-state index contributed by atoms with van der Waals surface area (Å²) in [5.41, 5.74) is 1.25. The molecule has 0 radical (unpaired) electrons. The Hall–Kier alpha value is -1.40. The molecule has 2 unspecified atom stereocenters. The van der Waals surface area contributed by atoms with E-state index in [1.54, 1.807) is 6.07 Å². The van der Waals surface area contributed by atoms with Crippen LogP contribution in [-0.2, 0) is 26.7 Å². The van der Waals surface area contributed by atoms with Gasteiger partial charge in [-0.1, -0.05) is 33.3 Å². The Labute approximate surface area is 155 Å². The maximum atomic E-state index is 12.0. The second kappa shape index (κ2) is 6.06. The van der Waals surface area contributed by atoms with Gasteiger partial charge in [-0.25, -0.2) is 8.42 Å². The van der Waals surface area contributed by atoms with Crippen LogP contribution in [0, 0.1) is 11.3 Å². The SMILES string of the molecule is CC(C)c1cc2c(cc1S(=O)(=O)[O-])C1(C)CCC[C@@](C)(C(=O)O)C1CC2. The van der Waals surface area contributed by atoms with Gasteiger partial charge in [0.15, 0.2) is 0 Å². The fourth-order valence-electron chi connectivity index (χ4n) is 5.44. The maximum Gasteiger partial charge on any atom is 0.309 e. The number of fused-ring (bicyclic) bond motifs is 3. The van der Waals surface area contributed by atoms with Crippen molar-refractivity contribution in [1.29, 1.82) is 0 Å². The number of rotatable bonds is 3. The van der Waals surface area contributed by atoms with Crippen LogP contribution in [0.3, 0.4) is 0 Å². The first-order valence-electron chi connectivity index (χ1n) is 9.28. The van der Waals surface area contributed by atoms with Crippen molar-refractivity contribution in [2.45, 2.75) is 76.0 Å². The molecule has 2 aliphatic rings. The summed E-state index contributed by atoms with van der Waals surface area (Å²) in [5.74, 6) is -0.923. The third-order valence-electron chi connectivity index (χ3n) is 6.86. The number of carboxylic acids is 1. The van der Waals surface area contributed by atoms with Crippen molar-refractivity contribution in [3.05, 3.63) is 28.8 Å². The van der Waals surface area contributed by atoms with E-state index in [2.05, 4.69) is 0 Å². The highest BCUT2D eigenvalue weighted by molar-refractivity contribution is 7.85. The molecule has 2 aliphatic carbocycles. The number of aryl methyl sites for hydroxylation is 1. The molecule has 0 amide bonds. The van der Waals surface area contributed by atoms with Crippen molar-refractivity contribution < 1.29 is 22.9 Å². The molecular weight excluding hydrogens is 352 g/mol. The van der Waals surface area contributed by atoms with Crippen LogP contribution in [0.25, 0.3) is 0 Å². The van der Waals surface area contributed by atoms with Gasteiger partial charge in [0, 0.05) is 0 Å². The highest BCUT2D eigenvalue weighted by atomic mass is 32.2. The monoisotopic (exact) mass is 379 g/mol. The first kappa shape index (κ1) is 19.4. The van der Waals surface area contributed by atoms with Gasteiger partial charge in [-0.15, -0.1) is 0 Å². The summed E-state index contributed by atoms with van der Waals surface area (Å²) >= 11 is 0. The van der Waals surface area contributed by atoms with E-state index in [0.717, 1.165) is 36.8 Å². The van der Waals surface area contributed by atoms with Gasteiger partial charge >= 0.3 is 5.97 Å². The van der Waals surface area contributed by atoms with Crippen LogP contribution in [-0.4, -0.2) is 24.0 Å². The predicted octanol–water partition coefficient (Wildman–Crippen LogP) is 3.81. The van der Waals surface area contributed by atoms with Gasteiger partial charge in [0.1, 0.15) is 10.1 Å². The van der Waals surface area contributed by atoms with Crippen LogP contribution in [0.2, 0.25) is 0 Å². The summed E-state index contributed by atoms with van der Waals surface area (Å²) in [6.45, 7) is 7.63. The molecule has 144 valence electrons. The van der Waals surface area contributed by atoms with E-state index in [-0.39, 0.29) is 16.7 Å². The Morgan fingerprint density at radius 1 is 1.27 bits per heavy atom. The zero-order valence-corrected chi connectivity index (χ0v) is 16.6. The van der Waals surface area contributed by atoms with E-state index in [0.29, 0.717) is 12.0 Å². The van der Waals surface area contributed by atoms with Crippen molar-refractivity contribution >= 4 is 16.1 Å². The molecular formula is C20H27O5S-. The summed E-state index contributed by atoms with van der Waals surface area (Å²) in [4.78, 5) is 11.9. The summed E-state index contributed by atoms with van der Waals surface area (Å²) in [6.07, 6.45) is 3.72. The van der Waals surface area contributed by atoms with Gasteiger partial charge in [0.2, 0.25) is 0 Å². The van der Waals surface area contributed by atoms with Crippen LogP contribution in [0.4, 0.5) is 0 Å². The zero-order valence-electron chi connectivity index (χ0n) is 15.8. The standard InChI is InChI=1S/C20H28O5S/c1-12(2)14-10-13-6-7-17-19(3,8-5-9-20(17,4)18(21)22)15(13)11-16(14)26(23,24)25/h10-12,17H,5-9H2,1-4H3,(H,21,22)(H,23,24,25)/p-1/t17?,19?,20-/m1/s1. The molecule has 0 bridgehead atoms. The van der Waals surface area contributed by atoms with Crippen molar-refractivity contribution in [1.82, 2.24) is 0 Å². The zero-order chi connectivity index (χ0) is 19.5.